The van der Waals surface area contributed by atoms with Gasteiger partial charge in [-0.2, -0.15) is 8.78 Å². The minimum Gasteiger partial charge on any atom is -0.227 e. The fourth-order valence-electron chi connectivity index (χ4n) is 0.763. The minimum absolute atomic E-state index is 0.0625. The van der Waals surface area contributed by atoms with E-state index < -0.39 is 11.9 Å². The third-order valence-corrected chi connectivity index (χ3v) is 3.37. The number of aromatic nitrogens is 2. The molecular formula is C10H5Cl2F2IN2. The van der Waals surface area contributed by atoms with Gasteiger partial charge >= 0.3 is 0 Å². The van der Waals surface area contributed by atoms with Gasteiger partial charge in [-0.1, -0.05) is 23.2 Å². The number of halogens is 5. The van der Waals surface area contributed by atoms with E-state index in [9.17, 15) is 8.78 Å². The molecule has 17 heavy (non-hydrogen) atoms. The summed E-state index contributed by atoms with van der Waals surface area (Å²) in [5.74, 6) is -1.22. The van der Waals surface area contributed by atoms with Crippen LogP contribution in [0.2, 0.25) is 10.0 Å². The Morgan fingerprint density at radius 2 is 1.65 bits per heavy atom. The van der Waals surface area contributed by atoms with Crippen LogP contribution in [-0.2, 0) is 0 Å². The van der Waals surface area contributed by atoms with Crippen LogP contribution >= 0.6 is 45.8 Å². The maximum Gasteiger partial charge on any atom is 0.232 e. The van der Waals surface area contributed by atoms with E-state index in [0.717, 1.165) is 0 Å². The van der Waals surface area contributed by atoms with Crippen molar-refractivity contribution in [3.63, 3.8) is 0 Å². The molecule has 0 aliphatic carbocycles. The average Bonchev–Trinajstić information content (AvgIpc) is 2.31. The lowest BCUT2D eigenvalue weighted by Crippen LogP contribution is -1.84. The van der Waals surface area contributed by atoms with Gasteiger partial charge in [0.05, 0.1) is 5.02 Å². The summed E-state index contributed by atoms with van der Waals surface area (Å²) < 4.78 is 25.1. The summed E-state index contributed by atoms with van der Waals surface area (Å²) in [7, 11) is 0. The zero-order chi connectivity index (χ0) is 12.8. The Labute approximate surface area is 120 Å². The minimum atomic E-state index is -0.617. The molecule has 2 aromatic heterocycles. The van der Waals surface area contributed by atoms with Crippen molar-refractivity contribution < 1.29 is 8.78 Å². The molecule has 0 spiro atoms. The Kier molecular flexibility index (Phi) is 6.01. The number of nitrogens with zero attached hydrogens (tertiary/aromatic N) is 2. The van der Waals surface area contributed by atoms with E-state index in [1.807, 2.05) is 22.6 Å². The SMILES string of the molecule is Fc1nccc(I)c1Cl.Fc1ncccc1Cl. The van der Waals surface area contributed by atoms with Crippen LogP contribution in [0.3, 0.4) is 0 Å². The molecule has 0 saturated heterocycles. The summed E-state index contributed by atoms with van der Waals surface area (Å²) in [6.07, 6.45) is 2.73. The molecule has 0 aliphatic rings. The lowest BCUT2D eigenvalue weighted by molar-refractivity contribution is 0.583. The summed E-state index contributed by atoms with van der Waals surface area (Å²) in [5, 5.41) is 0.158. The van der Waals surface area contributed by atoms with Crippen LogP contribution in [-0.4, -0.2) is 9.97 Å². The van der Waals surface area contributed by atoms with Gasteiger partial charge in [0.25, 0.3) is 0 Å². The van der Waals surface area contributed by atoms with E-state index in [-0.39, 0.29) is 10.0 Å². The van der Waals surface area contributed by atoms with Crippen molar-refractivity contribution in [3.8, 4) is 0 Å². The monoisotopic (exact) mass is 388 g/mol. The van der Waals surface area contributed by atoms with Crippen molar-refractivity contribution in [1.82, 2.24) is 9.97 Å². The van der Waals surface area contributed by atoms with Gasteiger partial charge in [0.15, 0.2) is 0 Å². The summed E-state index contributed by atoms with van der Waals surface area (Å²) in [6.45, 7) is 0. The molecule has 0 atom stereocenters. The summed E-state index contributed by atoms with van der Waals surface area (Å²) >= 11 is 12.6. The van der Waals surface area contributed by atoms with Crippen molar-refractivity contribution in [2.45, 2.75) is 0 Å². The Morgan fingerprint density at radius 3 is 2.06 bits per heavy atom. The van der Waals surface area contributed by atoms with Crippen molar-refractivity contribution in [2.75, 3.05) is 0 Å². The second kappa shape index (κ2) is 7.03. The van der Waals surface area contributed by atoms with Crippen molar-refractivity contribution in [2.24, 2.45) is 0 Å². The molecule has 2 nitrogen and oxygen atoms in total. The molecule has 2 rings (SSSR count). The first-order valence-electron chi connectivity index (χ1n) is 4.24. The van der Waals surface area contributed by atoms with E-state index in [1.165, 1.54) is 18.5 Å². The maximum atomic E-state index is 12.3. The molecule has 0 bridgehead atoms. The van der Waals surface area contributed by atoms with Gasteiger partial charge in [-0.15, -0.1) is 0 Å². The topological polar surface area (TPSA) is 25.8 Å². The van der Waals surface area contributed by atoms with Crippen LogP contribution in [0, 0.1) is 15.5 Å². The van der Waals surface area contributed by atoms with Gasteiger partial charge in [-0.3, -0.25) is 0 Å². The highest BCUT2D eigenvalue weighted by Gasteiger charge is 2.01. The largest absolute Gasteiger partial charge is 0.232 e. The number of rotatable bonds is 0. The highest BCUT2D eigenvalue weighted by Crippen LogP contribution is 2.18. The summed E-state index contributed by atoms with van der Waals surface area (Å²) in [6, 6.07) is 4.67. The van der Waals surface area contributed by atoms with Gasteiger partial charge < -0.3 is 0 Å². The van der Waals surface area contributed by atoms with E-state index in [1.54, 1.807) is 12.1 Å². The molecule has 0 aliphatic heterocycles. The van der Waals surface area contributed by atoms with Crippen molar-refractivity contribution >= 4 is 45.8 Å². The number of hydrogen-bond donors (Lipinski definition) is 0. The Bertz CT molecular complexity index is 470. The Morgan fingerprint density at radius 1 is 1.00 bits per heavy atom. The molecule has 7 heteroatoms. The van der Waals surface area contributed by atoms with Gasteiger partial charge in [0.1, 0.15) is 5.02 Å². The fraction of sp³-hybridized carbons (Fsp3) is 0. The van der Waals surface area contributed by atoms with Gasteiger partial charge in [-0.25, -0.2) is 9.97 Å². The van der Waals surface area contributed by atoms with Crippen molar-refractivity contribution in [1.29, 1.82) is 0 Å². The Balaban J connectivity index is 0.000000171. The summed E-state index contributed by atoms with van der Waals surface area (Å²) in [4.78, 5) is 6.62. The van der Waals surface area contributed by atoms with Crippen molar-refractivity contribution in [3.05, 3.63) is 56.1 Å². The van der Waals surface area contributed by atoms with Crippen LogP contribution in [0.15, 0.2) is 30.6 Å². The Hall–Kier alpha value is -0.530. The predicted molar refractivity (Wildman–Crippen MR) is 71.1 cm³/mol. The third-order valence-electron chi connectivity index (χ3n) is 1.51. The van der Waals surface area contributed by atoms with E-state index in [0.29, 0.717) is 3.57 Å². The predicted octanol–water partition coefficient (Wildman–Crippen LogP) is 4.35. The lowest BCUT2D eigenvalue weighted by atomic mass is 10.5. The van der Waals surface area contributed by atoms with Crippen LogP contribution in [0.1, 0.15) is 0 Å². The van der Waals surface area contributed by atoms with Crippen LogP contribution in [0.4, 0.5) is 8.78 Å². The molecular weight excluding hydrogens is 384 g/mol. The maximum absolute atomic E-state index is 12.3. The zero-order valence-corrected chi connectivity index (χ0v) is 11.8. The van der Waals surface area contributed by atoms with Crippen LogP contribution in [0.5, 0.6) is 0 Å². The highest BCUT2D eigenvalue weighted by molar-refractivity contribution is 14.1. The van der Waals surface area contributed by atoms with Gasteiger partial charge in [-0.05, 0) is 40.8 Å². The van der Waals surface area contributed by atoms with E-state index in [4.69, 9.17) is 23.2 Å². The van der Waals surface area contributed by atoms with Gasteiger partial charge in [0.2, 0.25) is 11.9 Å². The molecule has 0 fully saturated rings. The number of pyridine rings is 2. The first-order chi connectivity index (χ1) is 8.02. The first kappa shape index (κ1) is 14.5. The normalized spacial score (nSPS) is 9.47. The van der Waals surface area contributed by atoms with Gasteiger partial charge in [0, 0.05) is 16.0 Å². The molecule has 0 N–H and O–H groups in total. The summed E-state index contributed by atoms with van der Waals surface area (Å²) in [5.41, 5.74) is 0. The quantitative estimate of drug-likeness (QED) is 0.495. The van der Waals surface area contributed by atoms with E-state index >= 15 is 0 Å². The fourth-order valence-corrected chi connectivity index (χ4v) is 1.38. The zero-order valence-electron chi connectivity index (χ0n) is 8.17. The lowest BCUT2D eigenvalue weighted by Gasteiger charge is -1.92. The average molecular weight is 389 g/mol. The third kappa shape index (κ3) is 4.69. The molecule has 0 amide bonds. The highest BCUT2D eigenvalue weighted by atomic mass is 127. The molecule has 2 aromatic rings. The standard InChI is InChI=1S/C5H2ClFIN.C5H3ClFN/c6-4-3(8)1-2-9-5(4)7;6-4-2-1-3-8-5(4)7/h1-2H;1-3H. The second-order valence-electron chi connectivity index (χ2n) is 2.67. The molecule has 0 unspecified atom stereocenters. The van der Waals surface area contributed by atoms with Crippen LogP contribution < -0.4 is 0 Å². The number of hydrogen-bond acceptors (Lipinski definition) is 2. The smallest absolute Gasteiger partial charge is 0.227 e. The molecule has 90 valence electrons. The molecule has 0 saturated carbocycles. The molecule has 0 radical (unpaired) electrons. The van der Waals surface area contributed by atoms with Crippen LogP contribution in [0.25, 0.3) is 0 Å². The second-order valence-corrected chi connectivity index (χ2v) is 4.62. The molecule has 0 aromatic carbocycles. The first-order valence-corrected chi connectivity index (χ1v) is 6.07. The van der Waals surface area contributed by atoms with E-state index in [2.05, 4.69) is 9.97 Å². The molecule has 2 heterocycles.